The molecular formula is C9H19Cl3O4Si. The lowest BCUT2D eigenvalue weighted by atomic mass is 10.5. The zero-order valence-corrected chi connectivity index (χ0v) is 12.9. The molecule has 0 heterocycles. The van der Waals surface area contributed by atoms with Gasteiger partial charge in [-0.15, -0.1) is 34.8 Å². The zero-order chi connectivity index (χ0) is 13.0. The Bertz CT molecular complexity index is 150. The van der Waals surface area contributed by atoms with Gasteiger partial charge in [0.05, 0.1) is 0 Å². The first-order valence-corrected chi connectivity index (χ1v) is 8.78. The molecule has 0 rings (SSSR count). The number of halogens is 3. The molecule has 0 unspecified atom stereocenters. The maximum Gasteiger partial charge on any atom is 0.676 e. The van der Waals surface area contributed by atoms with E-state index in [-0.39, 0.29) is 0 Å². The Morgan fingerprint density at radius 2 is 1.00 bits per heavy atom. The van der Waals surface area contributed by atoms with Gasteiger partial charge in [-0.1, -0.05) is 0 Å². The van der Waals surface area contributed by atoms with E-state index in [9.17, 15) is 4.80 Å². The first-order chi connectivity index (χ1) is 8.18. The molecule has 0 bridgehead atoms. The highest BCUT2D eigenvalue weighted by Crippen LogP contribution is 2.08. The third-order valence-electron chi connectivity index (χ3n) is 1.69. The molecule has 0 saturated heterocycles. The fourth-order valence-electron chi connectivity index (χ4n) is 0.892. The molecule has 4 nitrogen and oxygen atoms in total. The molecule has 0 aromatic rings. The van der Waals surface area contributed by atoms with Crippen LogP contribution in [0.25, 0.3) is 0 Å². The average Bonchev–Trinajstić information content (AvgIpc) is 2.30. The van der Waals surface area contributed by atoms with E-state index in [0.29, 0.717) is 56.7 Å². The van der Waals surface area contributed by atoms with Crippen LogP contribution in [-0.4, -0.2) is 51.3 Å². The fourth-order valence-corrected chi connectivity index (χ4v) is 2.68. The van der Waals surface area contributed by atoms with Crippen LogP contribution in [0.2, 0.25) is 0 Å². The molecule has 0 fully saturated rings. The minimum Gasteiger partial charge on any atom is -0.367 e. The number of hydrogen-bond acceptors (Lipinski definition) is 4. The van der Waals surface area contributed by atoms with Crippen LogP contribution in [-0.2, 0) is 13.3 Å². The lowest BCUT2D eigenvalue weighted by molar-refractivity contribution is -0.00718. The highest BCUT2D eigenvalue weighted by atomic mass is 35.5. The molecule has 0 saturated carbocycles. The van der Waals surface area contributed by atoms with E-state index in [2.05, 4.69) is 0 Å². The molecular weight excluding hydrogens is 307 g/mol. The Morgan fingerprint density at radius 3 is 1.24 bits per heavy atom. The molecule has 0 aromatic heterocycles. The maximum absolute atomic E-state index is 10.0. The van der Waals surface area contributed by atoms with Crippen molar-refractivity contribution < 1.29 is 18.1 Å². The van der Waals surface area contributed by atoms with Gasteiger partial charge in [0, 0.05) is 37.5 Å². The van der Waals surface area contributed by atoms with Crippen LogP contribution in [0.1, 0.15) is 19.3 Å². The third-order valence-corrected chi connectivity index (χ3v) is 4.20. The van der Waals surface area contributed by atoms with E-state index >= 15 is 0 Å². The van der Waals surface area contributed by atoms with Gasteiger partial charge in [-0.2, -0.15) is 0 Å². The highest BCUT2D eigenvalue weighted by Gasteiger charge is 2.40. The minimum absolute atomic E-state index is 0.313. The fraction of sp³-hybridized carbons (Fsp3) is 1.00. The van der Waals surface area contributed by atoms with Gasteiger partial charge in [0.2, 0.25) is 0 Å². The Balaban J connectivity index is 3.95. The Kier molecular flexibility index (Phi) is 12.6. The van der Waals surface area contributed by atoms with E-state index < -0.39 is 9.05 Å². The van der Waals surface area contributed by atoms with E-state index in [4.69, 9.17) is 48.1 Å². The van der Waals surface area contributed by atoms with Gasteiger partial charge in [-0.05, 0) is 19.3 Å². The summed E-state index contributed by atoms with van der Waals surface area (Å²) in [5.74, 6) is 1.40. The first kappa shape index (κ1) is 17.9. The molecule has 1 N–H and O–H groups in total. The predicted octanol–water partition coefficient (Wildman–Crippen LogP) is 2.35. The van der Waals surface area contributed by atoms with Crippen LogP contribution < -0.4 is 0 Å². The van der Waals surface area contributed by atoms with Gasteiger partial charge < -0.3 is 18.1 Å². The van der Waals surface area contributed by atoms with Crippen LogP contribution in [0.5, 0.6) is 0 Å². The van der Waals surface area contributed by atoms with Gasteiger partial charge in [-0.3, -0.25) is 0 Å². The molecule has 8 heteroatoms. The van der Waals surface area contributed by atoms with Crippen molar-refractivity contribution in [3.05, 3.63) is 0 Å². The Morgan fingerprint density at radius 1 is 0.706 bits per heavy atom. The molecule has 0 aromatic carbocycles. The first-order valence-electron chi connectivity index (χ1n) is 5.50. The summed E-state index contributed by atoms with van der Waals surface area (Å²) >= 11 is 16.6. The van der Waals surface area contributed by atoms with E-state index in [1.165, 1.54) is 0 Å². The standard InChI is InChI=1S/C9H19Cl3O4Si/c10-4-1-7-14-17(13,15-8-2-5-11)16-9-3-6-12/h13H,1-9H2. The Labute approximate surface area is 119 Å². The average molecular weight is 326 g/mol. The smallest absolute Gasteiger partial charge is 0.367 e. The second kappa shape index (κ2) is 12.0. The lowest BCUT2D eigenvalue weighted by Crippen LogP contribution is -2.47. The number of rotatable bonds is 12. The summed E-state index contributed by atoms with van der Waals surface area (Å²) < 4.78 is 15.7. The molecule has 0 aliphatic carbocycles. The molecule has 104 valence electrons. The third kappa shape index (κ3) is 10.5. The largest absolute Gasteiger partial charge is 0.676 e. The van der Waals surface area contributed by atoms with Gasteiger partial charge in [0.25, 0.3) is 0 Å². The number of hydrogen-bond donors (Lipinski definition) is 1. The normalized spacial score (nSPS) is 12.0. The van der Waals surface area contributed by atoms with Crippen molar-refractivity contribution in [3.63, 3.8) is 0 Å². The van der Waals surface area contributed by atoms with Crippen LogP contribution in [0.3, 0.4) is 0 Å². The van der Waals surface area contributed by atoms with Gasteiger partial charge in [-0.25, -0.2) is 0 Å². The second-order valence-corrected chi connectivity index (χ2v) is 6.24. The number of alkyl halides is 3. The van der Waals surface area contributed by atoms with Crippen molar-refractivity contribution >= 4 is 43.9 Å². The summed E-state index contributed by atoms with van der Waals surface area (Å²) in [5, 5.41) is 0. The van der Waals surface area contributed by atoms with Crippen LogP contribution >= 0.6 is 34.8 Å². The molecule has 0 amide bonds. The Hall–Kier alpha value is 0.927. The summed E-state index contributed by atoms with van der Waals surface area (Å²) in [5.41, 5.74) is 0. The topological polar surface area (TPSA) is 47.9 Å². The van der Waals surface area contributed by atoms with Gasteiger partial charge in [0.15, 0.2) is 0 Å². The van der Waals surface area contributed by atoms with Crippen molar-refractivity contribution in [2.24, 2.45) is 0 Å². The van der Waals surface area contributed by atoms with Gasteiger partial charge in [0.1, 0.15) is 0 Å². The van der Waals surface area contributed by atoms with Crippen molar-refractivity contribution in [3.8, 4) is 0 Å². The second-order valence-electron chi connectivity index (χ2n) is 3.20. The van der Waals surface area contributed by atoms with Crippen molar-refractivity contribution in [2.45, 2.75) is 19.3 Å². The van der Waals surface area contributed by atoms with Crippen molar-refractivity contribution in [1.29, 1.82) is 0 Å². The molecule has 17 heavy (non-hydrogen) atoms. The summed E-state index contributed by atoms with van der Waals surface area (Å²) in [6, 6.07) is 0. The van der Waals surface area contributed by atoms with E-state index in [1.54, 1.807) is 0 Å². The molecule has 0 radical (unpaired) electrons. The quantitative estimate of drug-likeness (QED) is 0.340. The molecule has 0 spiro atoms. The monoisotopic (exact) mass is 324 g/mol. The van der Waals surface area contributed by atoms with Crippen LogP contribution in [0.4, 0.5) is 0 Å². The summed E-state index contributed by atoms with van der Waals surface area (Å²) in [6.45, 7) is 0.940. The summed E-state index contributed by atoms with van der Waals surface area (Å²) in [6.07, 6.45) is 1.90. The summed E-state index contributed by atoms with van der Waals surface area (Å²) in [7, 11) is -3.54. The van der Waals surface area contributed by atoms with Crippen molar-refractivity contribution in [1.82, 2.24) is 0 Å². The minimum atomic E-state index is -3.54. The van der Waals surface area contributed by atoms with E-state index in [1.807, 2.05) is 0 Å². The highest BCUT2D eigenvalue weighted by molar-refractivity contribution is 6.51. The van der Waals surface area contributed by atoms with Gasteiger partial charge >= 0.3 is 9.05 Å². The lowest BCUT2D eigenvalue weighted by Gasteiger charge is -2.22. The van der Waals surface area contributed by atoms with Crippen molar-refractivity contribution in [2.75, 3.05) is 37.5 Å². The molecule has 0 aliphatic rings. The molecule has 0 atom stereocenters. The summed E-state index contributed by atoms with van der Waals surface area (Å²) in [4.78, 5) is 10.0. The predicted molar refractivity (Wildman–Crippen MR) is 71.8 cm³/mol. The van der Waals surface area contributed by atoms with Crippen LogP contribution in [0, 0.1) is 0 Å². The maximum atomic E-state index is 10.0. The van der Waals surface area contributed by atoms with E-state index in [0.717, 1.165) is 0 Å². The SMILES string of the molecule is O[Si](OCCCCl)(OCCCCl)OCCCCl. The zero-order valence-electron chi connectivity index (χ0n) is 9.67. The van der Waals surface area contributed by atoms with Crippen LogP contribution in [0.15, 0.2) is 0 Å². The molecule has 0 aliphatic heterocycles.